The zero-order chi connectivity index (χ0) is 24.8. The first-order valence-electron chi connectivity index (χ1n) is 11.7. The molecule has 0 spiro atoms. The lowest BCUT2D eigenvalue weighted by Crippen LogP contribution is -2.52. The van der Waals surface area contributed by atoms with E-state index in [2.05, 4.69) is 63.8 Å². The number of carbonyl (C=O) groups excluding carboxylic acids is 1. The molecule has 35 heavy (non-hydrogen) atoms. The topological polar surface area (TPSA) is 63.3 Å². The molecule has 4 rings (SSSR count). The summed E-state index contributed by atoms with van der Waals surface area (Å²) in [6, 6.07) is 18.1. The summed E-state index contributed by atoms with van der Waals surface area (Å²) in [6.45, 7) is 5.80. The number of hydrogen-bond donors (Lipinski definition) is 1. The lowest BCUT2D eigenvalue weighted by atomic mass is 10.0. The lowest BCUT2D eigenvalue weighted by molar-refractivity contribution is 0.0890. The largest absolute Gasteiger partial charge is 0.493 e. The number of carbonyl (C=O) groups is 1. The van der Waals surface area contributed by atoms with Gasteiger partial charge in [0.05, 0.1) is 27.4 Å². The van der Waals surface area contributed by atoms with Gasteiger partial charge in [-0.25, -0.2) is 0 Å². The Kier molecular flexibility index (Phi) is 8.15. The van der Waals surface area contributed by atoms with Crippen LogP contribution in [-0.4, -0.2) is 64.4 Å². The van der Waals surface area contributed by atoms with Gasteiger partial charge in [0.15, 0.2) is 11.5 Å². The number of para-hydroxylation sites is 1. The van der Waals surface area contributed by atoms with E-state index < -0.39 is 0 Å². The normalized spacial score (nSPS) is 15.8. The molecule has 2 aromatic carbocycles. The summed E-state index contributed by atoms with van der Waals surface area (Å²) >= 11 is 1.73. The summed E-state index contributed by atoms with van der Waals surface area (Å²) in [5, 5.41) is 5.32. The summed E-state index contributed by atoms with van der Waals surface area (Å²) in [4.78, 5) is 19.4. The van der Waals surface area contributed by atoms with E-state index >= 15 is 0 Å². The highest BCUT2D eigenvalue weighted by Gasteiger charge is 2.31. The van der Waals surface area contributed by atoms with Crippen molar-refractivity contribution in [2.24, 2.45) is 0 Å². The van der Waals surface area contributed by atoms with E-state index in [1.807, 2.05) is 6.07 Å². The number of benzene rings is 2. The molecule has 0 bridgehead atoms. The average Bonchev–Trinajstić information content (AvgIpc) is 3.43. The van der Waals surface area contributed by atoms with Crippen molar-refractivity contribution >= 4 is 22.9 Å². The monoisotopic (exact) mass is 495 g/mol. The molecule has 1 aliphatic rings. The number of piperazine rings is 1. The predicted molar refractivity (Wildman–Crippen MR) is 140 cm³/mol. The van der Waals surface area contributed by atoms with Crippen molar-refractivity contribution in [2.75, 3.05) is 52.4 Å². The van der Waals surface area contributed by atoms with E-state index in [0.717, 1.165) is 26.2 Å². The maximum atomic E-state index is 13.3. The van der Waals surface area contributed by atoms with Crippen LogP contribution in [-0.2, 0) is 0 Å². The fourth-order valence-electron chi connectivity index (χ4n) is 4.68. The minimum absolute atomic E-state index is 0.0823. The molecule has 0 unspecified atom stereocenters. The maximum absolute atomic E-state index is 13.3. The van der Waals surface area contributed by atoms with Gasteiger partial charge in [0, 0.05) is 48.3 Å². The summed E-state index contributed by atoms with van der Waals surface area (Å²) in [5.41, 5.74) is 1.72. The van der Waals surface area contributed by atoms with Gasteiger partial charge in [-0.2, -0.15) is 0 Å². The molecule has 8 heteroatoms. The Morgan fingerprint density at radius 1 is 0.914 bits per heavy atom. The van der Waals surface area contributed by atoms with Gasteiger partial charge in [0.2, 0.25) is 5.75 Å². The van der Waals surface area contributed by atoms with E-state index in [0.29, 0.717) is 22.8 Å². The van der Waals surface area contributed by atoms with E-state index in [9.17, 15) is 4.79 Å². The summed E-state index contributed by atoms with van der Waals surface area (Å²) in [7, 11) is 4.64. The molecule has 0 radical (unpaired) electrons. The molecule has 1 saturated heterocycles. The van der Waals surface area contributed by atoms with Crippen LogP contribution in [0.1, 0.15) is 28.2 Å². The first-order valence-corrected chi connectivity index (χ1v) is 12.6. The van der Waals surface area contributed by atoms with Crippen molar-refractivity contribution in [2.45, 2.75) is 19.0 Å². The molecule has 0 saturated carbocycles. The standard InChI is InChI=1S/C27H33N3O4S/c1-19(28-27(31)20-17-22(32-2)26(34-4)23(18-20)33-3)25(24-11-8-16-35-24)30-14-12-29(13-15-30)21-9-6-5-7-10-21/h5-11,16-19,25H,12-15H2,1-4H3,(H,28,31)/t19-,25-/m1/s1. The van der Waals surface area contributed by atoms with Gasteiger partial charge in [0.25, 0.3) is 5.91 Å². The van der Waals surface area contributed by atoms with Crippen molar-refractivity contribution in [3.63, 3.8) is 0 Å². The number of nitrogens with zero attached hydrogens (tertiary/aromatic N) is 2. The highest BCUT2D eigenvalue weighted by atomic mass is 32.1. The van der Waals surface area contributed by atoms with E-state index in [-0.39, 0.29) is 18.0 Å². The number of anilines is 1. The Morgan fingerprint density at radius 2 is 1.57 bits per heavy atom. The molecule has 1 aromatic heterocycles. The fraction of sp³-hybridized carbons (Fsp3) is 0.370. The van der Waals surface area contributed by atoms with Gasteiger partial charge in [-0.1, -0.05) is 24.3 Å². The van der Waals surface area contributed by atoms with E-state index in [1.54, 1.807) is 44.8 Å². The van der Waals surface area contributed by atoms with Crippen molar-refractivity contribution in [3.05, 3.63) is 70.4 Å². The number of ether oxygens (including phenoxy) is 3. The molecule has 0 aliphatic carbocycles. The third kappa shape index (κ3) is 5.55. The highest BCUT2D eigenvalue weighted by molar-refractivity contribution is 7.10. The molecule has 3 aromatic rings. The van der Waals surface area contributed by atoms with E-state index in [1.165, 1.54) is 10.6 Å². The quantitative estimate of drug-likeness (QED) is 0.473. The van der Waals surface area contributed by atoms with Crippen molar-refractivity contribution in [1.29, 1.82) is 0 Å². The Morgan fingerprint density at radius 3 is 2.11 bits per heavy atom. The minimum Gasteiger partial charge on any atom is -0.493 e. The number of thiophene rings is 1. The van der Waals surface area contributed by atoms with Crippen molar-refractivity contribution in [1.82, 2.24) is 10.2 Å². The van der Waals surface area contributed by atoms with Crippen LogP contribution < -0.4 is 24.4 Å². The highest BCUT2D eigenvalue weighted by Crippen LogP contribution is 2.38. The molecular weight excluding hydrogens is 462 g/mol. The van der Waals surface area contributed by atoms with Crippen LogP contribution in [0.25, 0.3) is 0 Å². The molecule has 2 heterocycles. The number of amides is 1. The van der Waals surface area contributed by atoms with Gasteiger partial charge in [0.1, 0.15) is 0 Å². The Bertz CT molecular complexity index is 1070. The molecule has 1 fully saturated rings. The van der Waals surface area contributed by atoms with Gasteiger partial charge in [-0.15, -0.1) is 11.3 Å². The van der Waals surface area contributed by atoms with Gasteiger partial charge in [-0.05, 0) is 42.6 Å². The third-order valence-electron chi connectivity index (χ3n) is 6.42. The van der Waals surface area contributed by atoms with Crippen LogP contribution >= 0.6 is 11.3 Å². The summed E-state index contributed by atoms with van der Waals surface area (Å²) < 4.78 is 16.2. The first-order chi connectivity index (χ1) is 17.0. The first kappa shape index (κ1) is 24.9. The lowest BCUT2D eigenvalue weighted by Gasteiger charge is -2.42. The van der Waals surface area contributed by atoms with E-state index in [4.69, 9.17) is 14.2 Å². The van der Waals surface area contributed by atoms with Crippen LogP contribution in [0.2, 0.25) is 0 Å². The number of hydrogen-bond acceptors (Lipinski definition) is 7. The maximum Gasteiger partial charge on any atom is 0.251 e. The van der Waals surface area contributed by atoms with Crippen LogP contribution in [0.4, 0.5) is 5.69 Å². The van der Waals surface area contributed by atoms with Gasteiger partial charge in [-0.3, -0.25) is 9.69 Å². The number of methoxy groups -OCH3 is 3. The summed E-state index contributed by atoms with van der Waals surface area (Å²) in [5.74, 6) is 1.20. The second kappa shape index (κ2) is 11.5. The van der Waals surface area contributed by atoms with Crippen LogP contribution in [0.15, 0.2) is 60.0 Å². The molecular formula is C27H33N3O4S. The fourth-order valence-corrected chi connectivity index (χ4v) is 5.64. The molecule has 1 N–H and O–H groups in total. The van der Waals surface area contributed by atoms with Crippen LogP contribution in [0.3, 0.4) is 0 Å². The zero-order valence-corrected chi connectivity index (χ0v) is 21.5. The van der Waals surface area contributed by atoms with Gasteiger partial charge < -0.3 is 24.4 Å². The third-order valence-corrected chi connectivity index (χ3v) is 7.37. The molecule has 1 amide bonds. The Hall–Kier alpha value is -3.23. The Balaban J connectivity index is 1.50. The zero-order valence-electron chi connectivity index (χ0n) is 20.7. The minimum atomic E-state index is -0.179. The molecule has 7 nitrogen and oxygen atoms in total. The molecule has 1 aliphatic heterocycles. The SMILES string of the molecule is COc1cc(C(=O)N[C@H](C)[C@H](c2cccs2)N2CCN(c3ccccc3)CC2)cc(OC)c1OC. The second-order valence-electron chi connectivity index (χ2n) is 8.49. The van der Waals surface area contributed by atoms with Crippen LogP contribution in [0.5, 0.6) is 17.2 Å². The van der Waals surface area contributed by atoms with Gasteiger partial charge >= 0.3 is 0 Å². The molecule has 2 atom stereocenters. The molecule has 186 valence electrons. The number of rotatable bonds is 9. The van der Waals surface area contributed by atoms with Crippen LogP contribution in [0, 0.1) is 0 Å². The summed E-state index contributed by atoms with van der Waals surface area (Å²) in [6.07, 6.45) is 0. The number of nitrogens with one attached hydrogen (secondary N) is 1. The Labute approximate surface area is 211 Å². The van der Waals surface area contributed by atoms with Crippen molar-refractivity contribution in [3.8, 4) is 17.2 Å². The smallest absolute Gasteiger partial charge is 0.251 e. The van der Waals surface area contributed by atoms with Crippen molar-refractivity contribution < 1.29 is 19.0 Å². The second-order valence-corrected chi connectivity index (χ2v) is 9.47. The predicted octanol–water partition coefficient (Wildman–Crippen LogP) is 4.46. The average molecular weight is 496 g/mol.